The Kier molecular flexibility index (Phi) is 3.19. The summed E-state index contributed by atoms with van der Waals surface area (Å²) in [6.07, 6.45) is 5.40. The van der Waals surface area contributed by atoms with E-state index in [0.29, 0.717) is 6.04 Å². The summed E-state index contributed by atoms with van der Waals surface area (Å²) in [4.78, 5) is 5.89. The molecule has 0 saturated heterocycles. The zero-order chi connectivity index (χ0) is 12.4. The fourth-order valence-corrected chi connectivity index (χ4v) is 3.39. The van der Waals surface area contributed by atoms with Gasteiger partial charge in [0.25, 0.3) is 0 Å². The number of methoxy groups -OCH3 is 1. The van der Waals surface area contributed by atoms with Gasteiger partial charge in [0.1, 0.15) is 11.6 Å². The van der Waals surface area contributed by atoms with Gasteiger partial charge in [-0.05, 0) is 48.4 Å². The van der Waals surface area contributed by atoms with Gasteiger partial charge in [-0.25, -0.2) is 4.98 Å². The molecular weight excluding hydrogens is 244 g/mol. The van der Waals surface area contributed by atoms with Gasteiger partial charge in [-0.15, -0.1) is 11.3 Å². The highest BCUT2D eigenvalue weighted by Crippen LogP contribution is 2.35. The molecule has 4 heteroatoms. The Hall–Kier alpha value is -1.55. The van der Waals surface area contributed by atoms with Crippen LogP contribution in [0.1, 0.15) is 29.3 Å². The molecule has 0 aromatic carbocycles. The van der Waals surface area contributed by atoms with Crippen LogP contribution in [0.4, 0.5) is 5.82 Å². The summed E-state index contributed by atoms with van der Waals surface area (Å²) in [5.74, 6) is 1.71. The first-order valence-corrected chi connectivity index (χ1v) is 7.07. The van der Waals surface area contributed by atoms with Crippen molar-refractivity contribution < 1.29 is 4.74 Å². The molecule has 0 amide bonds. The lowest BCUT2D eigenvalue weighted by molar-refractivity contribution is 0.413. The van der Waals surface area contributed by atoms with E-state index in [1.807, 2.05) is 23.5 Å². The third kappa shape index (κ3) is 2.20. The van der Waals surface area contributed by atoms with Crippen LogP contribution in [-0.4, -0.2) is 12.1 Å². The van der Waals surface area contributed by atoms with Crippen molar-refractivity contribution in [2.24, 2.45) is 0 Å². The topological polar surface area (TPSA) is 34.1 Å². The number of hydrogen-bond acceptors (Lipinski definition) is 4. The van der Waals surface area contributed by atoms with Gasteiger partial charge in [-0.3, -0.25) is 0 Å². The number of ether oxygens (including phenoxy) is 1. The third-order valence-corrected chi connectivity index (χ3v) is 4.34. The fraction of sp³-hybridized carbons (Fsp3) is 0.357. The number of anilines is 1. The Balaban J connectivity index is 1.77. The quantitative estimate of drug-likeness (QED) is 0.914. The summed E-state index contributed by atoms with van der Waals surface area (Å²) in [6.45, 7) is 0. The van der Waals surface area contributed by atoms with Crippen molar-refractivity contribution in [1.82, 2.24) is 4.98 Å². The molecule has 0 saturated carbocycles. The van der Waals surface area contributed by atoms with Gasteiger partial charge in [0.2, 0.25) is 0 Å². The van der Waals surface area contributed by atoms with E-state index in [1.54, 1.807) is 13.3 Å². The predicted molar refractivity (Wildman–Crippen MR) is 74.4 cm³/mol. The van der Waals surface area contributed by atoms with Crippen LogP contribution in [0, 0.1) is 0 Å². The largest absolute Gasteiger partial charge is 0.495 e. The standard InChI is InChI=1S/C14H16N2OS/c1-17-10-5-6-14(15-9-10)16-12-3-2-4-13-11(12)7-8-18-13/h5-9,12H,2-4H2,1H3,(H,15,16). The van der Waals surface area contributed by atoms with Crippen molar-refractivity contribution in [3.8, 4) is 5.75 Å². The summed E-state index contributed by atoms with van der Waals surface area (Å²) in [7, 11) is 1.66. The minimum atomic E-state index is 0.404. The van der Waals surface area contributed by atoms with Gasteiger partial charge < -0.3 is 10.1 Å². The van der Waals surface area contributed by atoms with Crippen molar-refractivity contribution in [3.63, 3.8) is 0 Å². The maximum absolute atomic E-state index is 5.11. The van der Waals surface area contributed by atoms with Gasteiger partial charge in [0.05, 0.1) is 19.3 Å². The van der Waals surface area contributed by atoms with E-state index in [0.717, 1.165) is 11.6 Å². The van der Waals surface area contributed by atoms with E-state index in [-0.39, 0.29) is 0 Å². The summed E-state index contributed by atoms with van der Waals surface area (Å²) in [5.41, 5.74) is 1.45. The second-order valence-corrected chi connectivity index (χ2v) is 5.47. The SMILES string of the molecule is COc1ccc(NC2CCCc3sccc32)nc1. The number of aryl methyl sites for hydroxylation is 1. The highest BCUT2D eigenvalue weighted by atomic mass is 32.1. The Morgan fingerprint density at radius 1 is 1.39 bits per heavy atom. The molecule has 94 valence electrons. The monoisotopic (exact) mass is 260 g/mol. The molecule has 0 radical (unpaired) electrons. The average Bonchev–Trinajstić information content (AvgIpc) is 2.89. The first kappa shape index (κ1) is 11.5. The van der Waals surface area contributed by atoms with E-state index in [2.05, 4.69) is 21.7 Å². The summed E-state index contributed by atoms with van der Waals surface area (Å²) in [5, 5.41) is 5.70. The van der Waals surface area contributed by atoms with E-state index in [1.165, 1.54) is 29.7 Å². The van der Waals surface area contributed by atoms with Crippen molar-refractivity contribution in [1.29, 1.82) is 0 Å². The zero-order valence-corrected chi connectivity index (χ0v) is 11.2. The fourth-order valence-electron chi connectivity index (χ4n) is 2.40. The van der Waals surface area contributed by atoms with Gasteiger partial charge in [0, 0.05) is 4.88 Å². The number of nitrogens with zero attached hydrogens (tertiary/aromatic N) is 1. The number of hydrogen-bond donors (Lipinski definition) is 1. The van der Waals surface area contributed by atoms with Crippen molar-refractivity contribution >= 4 is 17.2 Å². The molecule has 2 aromatic rings. The average molecular weight is 260 g/mol. The Morgan fingerprint density at radius 3 is 3.11 bits per heavy atom. The molecule has 0 spiro atoms. The number of rotatable bonds is 3. The minimum absolute atomic E-state index is 0.404. The maximum Gasteiger partial charge on any atom is 0.137 e. The van der Waals surface area contributed by atoms with Gasteiger partial charge in [-0.2, -0.15) is 0 Å². The van der Waals surface area contributed by atoms with Crippen LogP contribution < -0.4 is 10.1 Å². The van der Waals surface area contributed by atoms with E-state index in [9.17, 15) is 0 Å². The molecular formula is C14H16N2OS. The van der Waals surface area contributed by atoms with Crippen LogP contribution in [0.25, 0.3) is 0 Å². The summed E-state index contributed by atoms with van der Waals surface area (Å²) in [6, 6.07) is 6.55. The molecule has 2 heterocycles. The van der Waals surface area contributed by atoms with E-state index in [4.69, 9.17) is 4.74 Å². The molecule has 1 atom stereocenters. The van der Waals surface area contributed by atoms with Crippen LogP contribution in [0.3, 0.4) is 0 Å². The Bertz CT molecular complexity index is 521. The molecule has 0 aliphatic heterocycles. The third-order valence-electron chi connectivity index (χ3n) is 3.35. The van der Waals surface area contributed by atoms with Crippen LogP contribution in [-0.2, 0) is 6.42 Å². The lowest BCUT2D eigenvalue weighted by Crippen LogP contribution is -2.16. The number of fused-ring (bicyclic) bond motifs is 1. The first-order valence-electron chi connectivity index (χ1n) is 6.19. The second kappa shape index (κ2) is 4.98. The normalized spacial score (nSPS) is 18.2. The first-order chi connectivity index (χ1) is 8.86. The molecule has 1 N–H and O–H groups in total. The van der Waals surface area contributed by atoms with E-state index < -0.39 is 0 Å². The smallest absolute Gasteiger partial charge is 0.137 e. The highest BCUT2D eigenvalue weighted by molar-refractivity contribution is 7.10. The summed E-state index contributed by atoms with van der Waals surface area (Å²) >= 11 is 1.87. The number of pyridine rings is 1. The summed E-state index contributed by atoms with van der Waals surface area (Å²) < 4.78 is 5.11. The van der Waals surface area contributed by atoms with Crippen LogP contribution in [0.2, 0.25) is 0 Å². The molecule has 3 rings (SSSR count). The molecule has 0 fully saturated rings. The van der Waals surface area contributed by atoms with Crippen LogP contribution >= 0.6 is 11.3 Å². The van der Waals surface area contributed by atoms with Gasteiger partial charge in [-0.1, -0.05) is 0 Å². The molecule has 1 aliphatic rings. The maximum atomic E-state index is 5.11. The number of aromatic nitrogens is 1. The van der Waals surface area contributed by atoms with Crippen LogP contribution in [0.15, 0.2) is 29.8 Å². The van der Waals surface area contributed by atoms with Crippen LogP contribution in [0.5, 0.6) is 5.75 Å². The Labute approximate surface area is 111 Å². The Morgan fingerprint density at radius 2 is 2.33 bits per heavy atom. The molecule has 18 heavy (non-hydrogen) atoms. The molecule has 3 nitrogen and oxygen atoms in total. The highest BCUT2D eigenvalue weighted by Gasteiger charge is 2.21. The van der Waals surface area contributed by atoms with Gasteiger partial charge >= 0.3 is 0 Å². The molecule has 0 bridgehead atoms. The lowest BCUT2D eigenvalue weighted by Gasteiger charge is -2.24. The van der Waals surface area contributed by atoms with Crippen molar-refractivity contribution in [3.05, 3.63) is 40.2 Å². The molecule has 1 unspecified atom stereocenters. The minimum Gasteiger partial charge on any atom is -0.495 e. The number of thiophene rings is 1. The van der Waals surface area contributed by atoms with Crippen molar-refractivity contribution in [2.75, 3.05) is 12.4 Å². The number of nitrogens with one attached hydrogen (secondary N) is 1. The van der Waals surface area contributed by atoms with Gasteiger partial charge in [0.15, 0.2) is 0 Å². The van der Waals surface area contributed by atoms with E-state index >= 15 is 0 Å². The molecule has 2 aromatic heterocycles. The van der Waals surface area contributed by atoms with Crippen molar-refractivity contribution in [2.45, 2.75) is 25.3 Å². The predicted octanol–water partition coefficient (Wildman–Crippen LogP) is 3.64. The molecule has 1 aliphatic carbocycles. The zero-order valence-electron chi connectivity index (χ0n) is 10.3. The lowest BCUT2D eigenvalue weighted by atomic mass is 9.94. The second-order valence-electron chi connectivity index (χ2n) is 4.47.